The minimum absolute atomic E-state index is 0.00795. The second-order valence-electron chi connectivity index (χ2n) is 5.16. The van der Waals surface area contributed by atoms with Crippen LogP contribution in [0.2, 0.25) is 0 Å². The molecule has 22 heavy (non-hydrogen) atoms. The molecular formula is C13H19F3N4O2. The summed E-state index contributed by atoms with van der Waals surface area (Å²) in [5.41, 5.74) is 5.56. The summed E-state index contributed by atoms with van der Waals surface area (Å²) in [5, 5.41) is 3.82. The minimum Gasteiger partial charge on any atom is -0.374 e. The number of nitrogens with two attached hydrogens (primary N) is 1. The van der Waals surface area contributed by atoms with Gasteiger partial charge in [-0.25, -0.2) is 4.68 Å². The molecule has 2 heterocycles. The van der Waals surface area contributed by atoms with Crippen LogP contribution in [0.15, 0.2) is 17.1 Å². The first kappa shape index (κ1) is 16.8. The van der Waals surface area contributed by atoms with Crippen LogP contribution in [-0.2, 0) is 11.3 Å². The molecule has 124 valence electrons. The van der Waals surface area contributed by atoms with Gasteiger partial charge in [-0.15, -0.1) is 0 Å². The average molecular weight is 320 g/mol. The Kier molecular flexibility index (Phi) is 5.41. The van der Waals surface area contributed by atoms with Gasteiger partial charge in [0, 0.05) is 19.2 Å². The van der Waals surface area contributed by atoms with Gasteiger partial charge in [0.05, 0.1) is 37.6 Å². The molecule has 1 aliphatic heterocycles. The first-order valence-corrected chi connectivity index (χ1v) is 7.09. The topological polar surface area (TPSA) is 73.4 Å². The van der Waals surface area contributed by atoms with E-state index in [1.54, 1.807) is 0 Å². The quantitative estimate of drug-likeness (QED) is 0.867. The maximum absolute atomic E-state index is 12.2. The van der Waals surface area contributed by atoms with Crippen LogP contribution in [-0.4, -0.2) is 48.3 Å². The Hall–Kier alpha value is -1.61. The van der Waals surface area contributed by atoms with Crippen molar-refractivity contribution < 1.29 is 17.9 Å². The van der Waals surface area contributed by atoms with E-state index in [0.29, 0.717) is 38.3 Å². The summed E-state index contributed by atoms with van der Waals surface area (Å²) in [6.07, 6.45) is -3.25. The first-order valence-electron chi connectivity index (χ1n) is 7.09. The Morgan fingerprint density at radius 1 is 1.45 bits per heavy atom. The second kappa shape index (κ2) is 7.10. The summed E-state index contributed by atoms with van der Waals surface area (Å²) in [6.45, 7) is 1.75. The van der Waals surface area contributed by atoms with E-state index in [9.17, 15) is 18.0 Å². The van der Waals surface area contributed by atoms with Crippen molar-refractivity contribution in [2.45, 2.75) is 31.7 Å². The molecule has 1 aromatic rings. The third-order valence-corrected chi connectivity index (χ3v) is 3.45. The number of rotatable bonds is 5. The number of hydrogen-bond donors (Lipinski definition) is 1. The molecule has 6 nitrogen and oxygen atoms in total. The van der Waals surface area contributed by atoms with Gasteiger partial charge in [0.2, 0.25) is 0 Å². The Balaban J connectivity index is 2.04. The zero-order valence-corrected chi connectivity index (χ0v) is 12.1. The molecule has 0 spiro atoms. The standard InChI is InChI=1S/C13H19F3N4O2/c14-13(15,16)2-4-20-12(21)7-10(8-18-20)19-5-6-22-11(9-19)1-3-17/h7-8,11H,1-6,9,17H2/t11-/m0/s1. The lowest BCUT2D eigenvalue weighted by Crippen LogP contribution is -2.44. The Morgan fingerprint density at radius 2 is 2.23 bits per heavy atom. The summed E-state index contributed by atoms with van der Waals surface area (Å²) >= 11 is 0. The summed E-state index contributed by atoms with van der Waals surface area (Å²) < 4.78 is 42.9. The highest BCUT2D eigenvalue weighted by Crippen LogP contribution is 2.20. The number of alkyl halides is 3. The smallest absolute Gasteiger partial charge is 0.374 e. The van der Waals surface area contributed by atoms with Crippen molar-refractivity contribution in [1.82, 2.24) is 9.78 Å². The largest absolute Gasteiger partial charge is 0.390 e. The highest BCUT2D eigenvalue weighted by Gasteiger charge is 2.27. The average Bonchev–Trinajstić information content (AvgIpc) is 2.45. The first-order chi connectivity index (χ1) is 10.4. The predicted octanol–water partition coefficient (Wildman–Crippen LogP) is 0.750. The summed E-state index contributed by atoms with van der Waals surface area (Å²) in [6, 6.07) is 1.31. The maximum atomic E-state index is 12.2. The molecule has 0 bridgehead atoms. The second-order valence-corrected chi connectivity index (χ2v) is 5.16. The highest BCUT2D eigenvalue weighted by atomic mass is 19.4. The van der Waals surface area contributed by atoms with E-state index in [2.05, 4.69) is 5.10 Å². The van der Waals surface area contributed by atoms with Gasteiger partial charge >= 0.3 is 6.18 Å². The van der Waals surface area contributed by atoms with E-state index >= 15 is 0 Å². The molecule has 0 unspecified atom stereocenters. The number of nitrogens with zero attached hydrogens (tertiary/aromatic N) is 3. The number of hydrogen-bond acceptors (Lipinski definition) is 5. The third kappa shape index (κ3) is 4.70. The molecule has 2 N–H and O–H groups in total. The zero-order valence-electron chi connectivity index (χ0n) is 12.1. The lowest BCUT2D eigenvalue weighted by atomic mass is 10.2. The molecule has 0 aromatic carbocycles. The molecule has 1 aliphatic rings. The zero-order chi connectivity index (χ0) is 16.2. The molecule has 1 aromatic heterocycles. The van der Waals surface area contributed by atoms with Crippen molar-refractivity contribution in [3.8, 4) is 0 Å². The number of ether oxygens (including phenoxy) is 1. The van der Waals surface area contributed by atoms with E-state index in [1.165, 1.54) is 12.3 Å². The van der Waals surface area contributed by atoms with Gasteiger partial charge in [0.25, 0.3) is 5.56 Å². The van der Waals surface area contributed by atoms with Crippen molar-refractivity contribution >= 4 is 5.69 Å². The van der Waals surface area contributed by atoms with Crippen LogP contribution >= 0.6 is 0 Å². The Bertz CT molecular complexity index is 545. The number of anilines is 1. The van der Waals surface area contributed by atoms with Gasteiger partial charge in [0.1, 0.15) is 0 Å². The van der Waals surface area contributed by atoms with Crippen LogP contribution in [0.5, 0.6) is 0 Å². The van der Waals surface area contributed by atoms with Crippen LogP contribution in [0.25, 0.3) is 0 Å². The van der Waals surface area contributed by atoms with Crippen molar-refractivity contribution in [2.24, 2.45) is 5.73 Å². The van der Waals surface area contributed by atoms with E-state index < -0.39 is 24.7 Å². The normalized spacial score (nSPS) is 19.5. The number of halogens is 3. The highest BCUT2D eigenvalue weighted by molar-refractivity contribution is 5.43. The lowest BCUT2D eigenvalue weighted by Gasteiger charge is -2.34. The van der Waals surface area contributed by atoms with Crippen molar-refractivity contribution in [2.75, 3.05) is 31.1 Å². The summed E-state index contributed by atoms with van der Waals surface area (Å²) in [5.74, 6) is 0. The van der Waals surface area contributed by atoms with Crippen LogP contribution in [0.4, 0.5) is 18.9 Å². The van der Waals surface area contributed by atoms with Crippen LogP contribution in [0.3, 0.4) is 0 Å². The molecular weight excluding hydrogens is 301 g/mol. The third-order valence-electron chi connectivity index (χ3n) is 3.45. The van der Waals surface area contributed by atoms with Gasteiger partial charge in [-0.1, -0.05) is 0 Å². The van der Waals surface area contributed by atoms with Crippen molar-refractivity contribution in [3.63, 3.8) is 0 Å². The van der Waals surface area contributed by atoms with Crippen LogP contribution in [0.1, 0.15) is 12.8 Å². The fourth-order valence-electron chi connectivity index (χ4n) is 2.31. The Morgan fingerprint density at radius 3 is 2.86 bits per heavy atom. The minimum atomic E-state index is -4.31. The van der Waals surface area contributed by atoms with E-state index in [1.807, 2.05) is 4.90 Å². The van der Waals surface area contributed by atoms with Gasteiger partial charge in [-0.2, -0.15) is 18.3 Å². The molecule has 0 aliphatic carbocycles. The molecule has 0 radical (unpaired) electrons. The fourth-order valence-corrected chi connectivity index (χ4v) is 2.31. The molecule has 1 fully saturated rings. The van der Waals surface area contributed by atoms with Crippen molar-refractivity contribution in [3.05, 3.63) is 22.6 Å². The molecule has 0 saturated carbocycles. The maximum Gasteiger partial charge on any atom is 0.390 e. The molecule has 9 heteroatoms. The SMILES string of the molecule is NCC[C@H]1CN(c2cnn(CCC(F)(F)F)c(=O)c2)CCO1. The molecule has 1 saturated heterocycles. The summed E-state index contributed by atoms with van der Waals surface area (Å²) in [4.78, 5) is 13.8. The molecule has 2 rings (SSSR count). The van der Waals surface area contributed by atoms with Crippen LogP contribution < -0.4 is 16.2 Å². The molecule has 1 atom stereocenters. The summed E-state index contributed by atoms with van der Waals surface area (Å²) in [7, 11) is 0. The van der Waals surface area contributed by atoms with E-state index in [0.717, 1.165) is 4.68 Å². The number of morpholine rings is 1. The monoisotopic (exact) mass is 320 g/mol. The van der Waals surface area contributed by atoms with Gasteiger partial charge in [-0.05, 0) is 13.0 Å². The Labute approximate surface area is 125 Å². The predicted molar refractivity (Wildman–Crippen MR) is 74.8 cm³/mol. The van der Waals surface area contributed by atoms with Crippen molar-refractivity contribution in [1.29, 1.82) is 0 Å². The van der Waals surface area contributed by atoms with Gasteiger partial charge < -0.3 is 15.4 Å². The lowest BCUT2D eigenvalue weighted by molar-refractivity contribution is -0.137. The fraction of sp³-hybridized carbons (Fsp3) is 0.692. The van der Waals surface area contributed by atoms with Gasteiger partial charge in [0.15, 0.2) is 0 Å². The van der Waals surface area contributed by atoms with Crippen LogP contribution in [0, 0.1) is 0 Å². The number of aromatic nitrogens is 2. The number of aryl methyl sites for hydroxylation is 1. The van der Waals surface area contributed by atoms with E-state index in [4.69, 9.17) is 10.5 Å². The molecule has 0 amide bonds. The van der Waals surface area contributed by atoms with E-state index in [-0.39, 0.29) is 6.10 Å². The van der Waals surface area contributed by atoms with Gasteiger partial charge in [-0.3, -0.25) is 4.79 Å².